The van der Waals surface area contributed by atoms with Gasteiger partial charge >= 0.3 is 0 Å². The number of hydrogen-bond acceptors (Lipinski definition) is 4. The molecule has 1 saturated heterocycles. The summed E-state index contributed by atoms with van der Waals surface area (Å²) >= 11 is 0. The SMILES string of the molecule is O=C([O-])CCC(=O)N1C[C@@H]2C[C@H](C1)c1c(-c3ccc4ccccc4c3)ccc(=O)n1C2. The van der Waals surface area contributed by atoms with Crippen molar-refractivity contribution in [2.24, 2.45) is 5.92 Å². The van der Waals surface area contributed by atoms with Gasteiger partial charge in [-0.25, -0.2) is 0 Å². The number of aromatic nitrogens is 1. The molecule has 2 aliphatic heterocycles. The number of pyridine rings is 1. The average molecular weight is 415 g/mol. The maximum atomic E-state index is 12.7. The molecular weight excluding hydrogens is 392 g/mol. The van der Waals surface area contributed by atoms with Crippen LogP contribution in [0.3, 0.4) is 0 Å². The van der Waals surface area contributed by atoms with Gasteiger partial charge in [-0.05, 0) is 47.2 Å². The summed E-state index contributed by atoms with van der Waals surface area (Å²) in [6, 6.07) is 18.0. The van der Waals surface area contributed by atoms with Crippen molar-refractivity contribution in [3.05, 3.63) is 70.6 Å². The number of carbonyl (C=O) groups excluding carboxylic acids is 2. The Morgan fingerprint density at radius 2 is 1.74 bits per heavy atom. The Morgan fingerprint density at radius 3 is 2.55 bits per heavy atom. The number of piperidine rings is 1. The monoisotopic (exact) mass is 415 g/mol. The molecule has 0 spiro atoms. The predicted octanol–water partition coefficient (Wildman–Crippen LogP) is 2.14. The maximum Gasteiger partial charge on any atom is 0.250 e. The van der Waals surface area contributed by atoms with E-state index in [0.717, 1.165) is 34.0 Å². The molecule has 31 heavy (non-hydrogen) atoms. The van der Waals surface area contributed by atoms with Crippen LogP contribution in [0.5, 0.6) is 0 Å². The highest BCUT2D eigenvalue weighted by Crippen LogP contribution is 2.40. The van der Waals surface area contributed by atoms with E-state index in [0.29, 0.717) is 19.6 Å². The molecule has 3 aromatic rings. The first-order valence-electron chi connectivity index (χ1n) is 10.7. The van der Waals surface area contributed by atoms with Crippen LogP contribution >= 0.6 is 0 Å². The number of nitrogens with zero attached hydrogens (tertiary/aromatic N) is 2. The molecule has 3 heterocycles. The molecule has 2 aromatic carbocycles. The average Bonchev–Trinajstić information content (AvgIpc) is 2.77. The fourth-order valence-electron chi connectivity index (χ4n) is 5.19. The Labute approximate surface area is 179 Å². The molecule has 0 unspecified atom stereocenters. The zero-order valence-corrected chi connectivity index (χ0v) is 17.1. The number of benzene rings is 2. The summed E-state index contributed by atoms with van der Waals surface area (Å²) in [4.78, 5) is 37.8. The van der Waals surface area contributed by atoms with Gasteiger partial charge in [0.1, 0.15) is 0 Å². The first kappa shape index (κ1) is 19.5. The Morgan fingerprint density at radius 1 is 0.935 bits per heavy atom. The molecule has 6 nitrogen and oxygen atoms in total. The minimum Gasteiger partial charge on any atom is -0.550 e. The molecule has 0 radical (unpaired) electrons. The summed E-state index contributed by atoms with van der Waals surface area (Å²) in [5.41, 5.74) is 3.06. The lowest BCUT2D eigenvalue weighted by Crippen LogP contribution is -2.49. The van der Waals surface area contributed by atoms with Gasteiger partial charge in [-0.1, -0.05) is 36.4 Å². The summed E-state index contributed by atoms with van der Waals surface area (Å²) in [6.07, 6.45) is 0.623. The van der Waals surface area contributed by atoms with Crippen molar-refractivity contribution in [3.63, 3.8) is 0 Å². The number of aliphatic carboxylic acids is 1. The van der Waals surface area contributed by atoms with E-state index in [1.165, 1.54) is 0 Å². The van der Waals surface area contributed by atoms with Crippen molar-refractivity contribution in [1.29, 1.82) is 0 Å². The second-order valence-corrected chi connectivity index (χ2v) is 8.61. The van der Waals surface area contributed by atoms with Crippen LogP contribution in [-0.2, 0) is 16.1 Å². The summed E-state index contributed by atoms with van der Waals surface area (Å²) < 4.78 is 1.88. The van der Waals surface area contributed by atoms with Gasteiger partial charge in [0, 0.05) is 55.3 Å². The molecule has 2 atom stereocenters. The second-order valence-electron chi connectivity index (χ2n) is 8.61. The Hall–Kier alpha value is -3.41. The third-order valence-corrected chi connectivity index (χ3v) is 6.55. The fourth-order valence-corrected chi connectivity index (χ4v) is 5.19. The first-order chi connectivity index (χ1) is 15.0. The van der Waals surface area contributed by atoms with Crippen molar-refractivity contribution < 1.29 is 14.7 Å². The van der Waals surface area contributed by atoms with E-state index < -0.39 is 5.97 Å². The van der Waals surface area contributed by atoms with Crippen LogP contribution in [-0.4, -0.2) is 34.4 Å². The summed E-state index contributed by atoms with van der Waals surface area (Å²) in [5.74, 6) is -1.11. The zero-order chi connectivity index (χ0) is 21.5. The van der Waals surface area contributed by atoms with E-state index in [2.05, 4.69) is 30.3 Å². The molecule has 0 N–H and O–H groups in total. The number of likely N-dealkylation sites (tertiary alicyclic amines) is 1. The Bertz CT molecular complexity index is 1250. The third-order valence-electron chi connectivity index (χ3n) is 6.55. The van der Waals surface area contributed by atoms with Crippen LogP contribution in [0.15, 0.2) is 59.4 Å². The number of amides is 1. The number of carbonyl (C=O) groups is 2. The van der Waals surface area contributed by atoms with E-state index in [1.807, 2.05) is 22.8 Å². The van der Waals surface area contributed by atoms with Crippen molar-refractivity contribution in [2.75, 3.05) is 13.1 Å². The summed E-state index contributed by atoms with van der Waals surface area (Å²) in [7, 11) is 0. The Kier molecular flexibility index (Phi) is 4.85. The topological polar surface area (TPSA) is 82.4 Å². The molecule has 0 aliphatic carbocycles. The lowest BCUT2D eigenvalue weighted by atomic mass is 9.80. The zero-order valence-electron chi connectivity index (χ0n) is 17.1. The summed E-state index contributed by atoms with van der Waals surface area (Å²) in [5, 5.41) is 13.1. The molecule has 1 amide bonds. The van der Waals surface area contributed by atoms with E-state index in [1.54, 1.807) is 11.0 Å². The van der Waals surface area contributed by atoms with E-state index >= 15 is 0 Å². The smallest absolute Gasteiger partial charge is 0.250 e. The Balaban J connectivity index is 1.53. The predicted molar refractivity (Wildman–Crippen MR) is 115 cm³/mol. The number of carboxylic acid groups (broad SMARTS) is 1. The van der Waals surface area contributed by atoms with Crippen LogP contribution in [0.4, 0.5) is 0 Å². The van der Waals surface area contributed by atoms with Gasteiger partial charge in [0.2, 0.25) is 5.91 Å². The van der Waals surface area contributed by atoms with Crippen molar-refractivity contribution >= 4 is 22.6 Å². The highest BCUT2D eigenvalue weighted by Gasteiger charge is 2.37. The van der Waals surface area contributed by atoms with Crippen molar-refractivity contribution in [2.45, 2.75) is 31.7 Å². The summed E-state index contributed by atoms with van der Waals surface area (Å²) in [6.45, 7) is 1.65. The lowest BCUT2D eigenvalue weighted by Gasteiger charge is -2.43. The number of hydrogen-bond donors (Lipinski definition) is 0. The number of carboxylic acids is 1. The molecule has 2 aliphatic rings. The highest BCUT2D eigenvalue weighted by molar-refractivity contribution is 5.87. The van der Waals surface area contributed by atoms with Gasteiger partial charge in [-0.2, -0.15) is 0 Å². The third kappa shape index (κ3) is 3.63. The van der Waals surface area contributed by atoms with Crippen LogP contribution < -0.4 is 10.7 Å². The number of rotatable bonds is 4. The van der Waals surface area contributed by atoms with Gasteiger partial charge in [0.15, 0.2) is 0 Å². The van der Waals surface area contributed by atoms with Gasteiger partial charge < -0.3 is 19.4 Å². The minimum absolute atomic E-state index is 0.00836. The van der Waals surface area contributed by atoms with E-state index in [4.69, 9.17) is 0 Å². The van der Waals surface area contributed by atoms with Crippen LogP contribution in [0.25, 0.3) is 21.9 Å². The molecule has 2 bridgehead atoms. The quantitative estimate of drug-likeness (QED) is 0.654. The highest BCUT2D eigenvalue weighted by atomic mass is 16.4. The lowest BCUT2D eigenvalue weighted by molar-refractivity contribution is -0.305. The maximum absolute atomic E-state index is 12.7. The first-order valence-corrected chi connectivity index (χ1v) is 10.7. The fraction of sp³-hybridized carbons (Fsp3) is 0.320. The van der Waals surface area contributed by atoms with Crippen molar-refractivity contribution in [3.8, 4) is 11.1 Å². The largest absolute Gasteiger partial charge is 0.550 e. The van der Waals surface area contributed by atoms with Gasteiger partial charge in [0.05, 0.1) is 0 Å². The minimum atomic E-state index is -1.21. The van der Waals surface area contributed by atoms with Crippen LogP contribution in [0.2, 0.25) is 0 Å². The normalized spacial score (nSPS) is 19.8. The standard InChI is InChI=1S/C25H24N2O4/c28-22(9-10-24(30)31)26-13-16-11-20(15-26)25-21(7-8-23(29)27(25)14-16)19-6-5-17-3-1-2-4-18(17)12-19/h1-8,12,16,20H,9-11,13-15H2,(H,30,31)/p-1/t16-,20+/m0/s1. The van der Waals surface area contributed by atoms with Gasteiger partial charge in [-0.3, -0.25) is 9.59 Å². The molecular formula is C25H23N2O4-. The van der Waals surface area contributed by atoms with Crippen LogP contribution in [0, 0.1) is 5.92 Å². The molecule has 158 valence electrons. The van der Waals surface area contributed by atoms with E-state index in [-0.39, 0.29) is 36.1 Å². The molecule has 1 aromatic heterocycles. The van der Waals surface area contributed by atoms with Gasteiger partial charge in [-0.15, -0.1) is 0 Å². The van der Waals surface area contributed by atoms with Crippen LogP contribution in [0.1, 0.15) is 30.9 Å². The molecule has 1 fully saturated rings. The molecule has 5 rings (SSSR count). The number of fused-ring (bicyclic) bond motifs is 5. The second kappa shape index (κ2) is 7.69. The molecule has 6 heteroatoms. The van der Waals surface area contributed by atoms with E-state index in [9.17, 15) is 19.5 Å². The van der Waals surface area contributed by atoms with Gasteiger partial charge in [0.25, 0.3) is 5.56 Å². The van der Waals surface area contributed by atoms with Crippen molar-refractivity contribution in [1.82, 2.24) is 9.47 Å². The molecule has 0 saturated carbocycles.